The second-order valence-electron chi connectivity index (χ2n) is 9.66. The number of aliphatic carboxylic acids is 1. The van der Waals surface area contributed by atoms with Crippen LogP contribution < -0.4 is 10.6 Å². The summed E-state index contributed by atoms with van der Waals surface area (Å²) in [5.74, 6) is 0.543. The predicted molar refractivity (Wildman–Crippen MR) is 148 cm³/mol. The first-order valence-corrected chi connectivity index (χ1v) is 13.5. The third kappa shape index (κ3) is 8.21. The number of hydrogen-bond donors (Lipinski definition) is 3. The molecule has 0 saturated carbocycles. The Morgan fingerprint density at radius 3 is 2.74 bits per heavy atom. The number of hydrogen-bond acceptors (Lipinski definition) is 7. The first kappa shape index (κ1) is 27.4. The first-order valence-electron chi connectivity index (χ1n) is 13.5. The lowest BCUT2D eigenvalue weighted by molar-refractivity contribution is -0.138. The summed E-state index contributed by atoms with van der Waals surface area (Å²) in [5.41, 5.74) is 4.03. The molecule has 1 aromatic carbocycles. The molecule has 0 aliphatic carbocycles. The molecule has 0 amide bonds. The molecule has 3 aromatic rings. The lowest BCUT2D eigenvalue weighted by Gasteiger charge is -2.24. The van der Waals surface area contributed by atoms with Crippen molar-refractivity contribution in [3.8, 4) is 11.3 Å². The highest BCUT2D eigenvalue weighted by Crippen LogP contribution is 2.21. The van der Waals surface area contributed by atoms with Crippen molar-refractivity contribution in [2.75, 3.05) is 43.5 Å². The van der Waals surface area contributed by atoms with Gasteiger partial charge in [-0.3, -0.25) is 4.39 Å². The number of carboxylic acid groups (broad SMARTS) is 1. The fraction of sp³-hybridized carbons (Fsp3) is 0.448. The Kier molecular flexibility index (Phi) is 10.4. The molecule has 9 heteroatoms. The number of pyridine rings is 1. The van der Waals surface area contributed by atoms with Crippen LogP contribution in [0, 0.1) is 0 Å². The molecule has 8 nitrogen and oxygen atoms in total. The van der Waals surface area contributed by atoms with Crippen LogP contribution in [-0.4, -0.2) is 69.8 Å². The SMILES string of the molecule is O=C(O)[C@H](CCN(CCCF)CCCCc1ccc2c(n1)NCCC2)Nc1cc(-c2ccccc2)ncn1. The van der Waals surface area contributed by atoms with Crippen molar-refractivity contribution in [2.24, 2.45) is 0 Å². The van der Waals surface area contributed by atoms with Gasteiger partial charge in [-0.05, 0) is 63.1 Å². The number of alkyl halides is 1. The second-order valence-corrected chi connectivity index (χ2v) is 9.66. The van der Waals surface area contributed by atoms with Gasteiger partial charge >= 0.3 is 5.97 Å². The number of benzene rings is 1. The van der Waals surface area contributed by atoms with Gasteiger partial charge in [0.05, 0.1) is 12.4 Å². The molecule has 1 aliphatic heterocycles. The van der Waals surface area contributed by atoms with E-state index in [1.165, 1.54) is 11.9 Å². The number of carbonyl (C=O) groups is 1. The van der Waals surface area contributed by atoms with Crippen molar-refractivity contribution in [3.05, 3.63) is 66.1 Å². The van der Waals surface area contributed by atoms with E-state index in [0.29, 0.717) is 31.7 Å². The molecule has 3 heterocycles. The van der Waals surface area contributed by atoms with Gasteiger partial charge in [-0.1, -0.05) is 36.4 Å². The molecule has 38 heavy (non-hydrogen) atoms. The molecule has 4 rings (SSSR count). The van der Waals surface area contributed by atoms with Crippen molar-refractivity contribution < 1.29 is 14.3 Å². The Balaban J connectivity index is 1.28. The zero-order chi connectivity index (χ0) is 26.6. The van der Waals surface area contributed by atoms with Crippen molar-refractivity contribution in [1.29, 1.82) is 0 Å². The smallest absolute Gasteiger partial charge is 0.326 e. The number of halogens is 1. The van der Waals surface area contributed by atoms with E-state index in [1.807, 2.05) is 30.3 Å². The standard InChI is InChI=1S/C29H37FN6O2/c30-15-7-18-36(17-5-4-11-24-13-12-23-10-6-16-31-28(23)34-24)19-14-25(29(37)38)35-27-20-26(32-21-33-27)22-8-2-1-3-9-22/h1-3,8-9,12-13,20-21,25H,4-7,10-11,14-19H2,(H,31,34)(H,37,38)(H,32,33,35)/t25-/m0/s1. The summed E-state index contributed by atoms with van der Waals surface area (Å²) in [6, 6.07) is 14.9. The highest BCUT2D eigenvalue weighted by atomic mass is 19.1. The summed E-state index contributed by atoms with van der Waals surface area (Å²) >= 11 is 0. The molecule has 0 fully saturated rings. The molecule has 0 saturated heterocycles. The summed E-state index contributed by atoms with van der Waals surface area (Å²) < 4.78 is 12.9. The monoisotopic (exact) mass is 520 g/mol. The van der Waals surface area contributed by atoms with Crippen LogP contribution in [-0.2, 0) is 17.6 Å². The number of aryl methyl sites for hydroxylation is 2. The van der Waals surface area contributed by atoms with Gasteiger partial charge in [0.1, 0.15) is 24.0 Å². The average Bonchev–Trinajstić information content (AvgIpc) is 2.96. The Morgan fingerprint density at radius 1 is 1.08 bits per heavy atom. The van der Waals surface area contributed by atoms with E-state index in [0.717, 1.165) is 68.0 Å². The third-order valence-corrected chi connectivity index (χ3v) is 6.81. The zero-order valence-corrected chi connectivity index (χ0v) is 21.8. The molecule has 202 valence electrons. The van der Waals surface area contributed by atoms with Crippen molar-refractivity contribution in [1.82, 2.24) is 19.9 Å². The number of unbranched alkanes of at least 4 members (excludes halogenated alkanes) is 1. The van der Waals surface area contributed by atoms with E-state index in [4.69, 9.17) is 4.98 Å². The van der Waals surface area contributed by atoms with Crippen LogP contribution in [0.1, 0.15) is 43.4 Å². The summed E-state index contributed by atoms with van der Waals surface area (Å²) in [6.45, 7) is 2.55. The van der Waals surface area contributed by atoms with Crippen LogP contribution in [0.4, 0.5) is 16.0 Å². The van der Waals surface area contributed by atoms with Gasteiger partial charge in [-0.2, -0.15) is 0 Å². The maximum absolute atomic E-state index is 12.9. The Morgan fingerprint density at radius 2 is 1.92 bits per heavy atom. The number of rotatable bonds is 15. The minimum Gasteiger partial charge on any atom is -0.480 e. The van der Waals surface area contributed by atoms with Gasteiger partial charge in [0.2, 0.25) is 0 Å². The fourth-order valence-electron chi connectivity index (χ4n) is 4.72. The summed E-state index contributed by atoms with van der Waals surface area (Å²) in [5, 5.41) is 16.3. The van der Waals surface area contributed by atoms with Crippen molar-refractivity contribution in [3.63, 3.8) is 0 Å². The highest BCUT2D eigenvalue weighted by Gasteiger charge is 2.20. The molecular formula is C29H37FN6O2. The molecule has 0 spiro atoms. The van der Waals surface area contributed by atoms with Crippen LogP contribution in [0.2, 0.25) is 0 Å². The van der Waals surface area contributed by atoms with E-state index >= 15 is 0 Å². The van der Waals surface area contributed by atoms with E-state index in [9.17, 15) is 14.3 Å². The fourth-order valence-corrected chi connectivity index (χ4v) is 4.72. The summed E-state index contributed by atoms with van der Waals surface area (Å²) in [6.07, 6.45) is 7.29. The Hall–Kier alpha value is -3.59. The molecule has 1 aliphatic rings. The third-order valence-electron chi connectivity index (χ3n) is 6.81. The number of fused-ring (bicyclic) bond motifs is 1. The number of nitrogens with one attached hydrogen (secondary N) is 2. The Bertz CT molecular complexity index is 1160. The number of aromatic nitrogens is 3. The van der Waals surface area contributed by atoms with Gasteiger partial charge in [0.25, 0.3) is 0 Å². The zero-order valence-electron chi connectivity index (χ0n) is 21.8. The van der Waals surface area contributed by atoms with Crippen LogP contribution in [0.15, 0.2) is 54.9 Å². The molecule has 0 bridgehead atoms. The minimum absolute atomic E-state index is 0.379. The largest absolute Gasteiger partial charge is 0.480 e. The molecule has 3 N–H and O–H groups in total. The van der Waals surface area contributed by atoms with E-state index in [1.54, 1.807) is 6.07 Å². The second kappa shape index (κ2) is 14.4. The summed E-state index contributed by atoms with van der Waals surface area (Å²) in [7, 11) is 0. The van der Waals surface area contributed by atoms with Crippen LogP contribution in [0.5, 0.6) is 0 Å². The Labute approximate surface area is 223 Å². The molecule has 2 aromatic heterocycles. The average molecular weight is 521 g/mol. The van der Waals surface area contributed by atoms with Crippen LogP contribution in [0.25, 0.3) is 11.3 Å². The van der Waals surface area contributed by atoms with Crippen molar-refractivity contribution >= 4 is 17.6 Å². The highest BCUT2D eigenvalue weighted by molar-refractivity contribution is 5.77. The van der Waals surface area contributed by atoms with E-state index in [-0.39, 0.29) is 6.67 Å². The molecular weight excluding hydrogens is 483 g/mol. The quantitative estimate of drug-likeness (QED) is 0.245. The van der Waals surface area contributed by atoms with Gasteiger partial charge in [-0.15, -0.1) is 0 Å². The van der Waals surface area contributed by atoms with Gasteiger partial charge in [0, 0.05) is 37.0 Å². The first-order chi connectivity index (χ1) is 18.6. The lowest BCUT2D eigenvalue weighted by Crippen LogP contribution is -2.36. The predicted octanol–water partition coefficient (Wildman–Crippen LogP) is 4.84. The number of carboxylic acids is 1. The molecule has 1 atom stereocenters. The van der Waals surface area contributed by atoms with Crippen LogP contribution >= 0.6 is 0 Å². The molecule has 0 unspecified atom stereocenters. The molecule has 0 radical (unpaired) electrons. The minimum atomic E-state index is -0.942. The van der Waals surface area contributed by atoms with E-state index < -0.39 is 12.0 Å². The maximum Gasteiger partial charge on any atom is 0.326 e. The van der Waals surface area contributed by atoms with Gasteiger partial charge in [0.15, 0.2) is 0 Å². The number of anilines is 2. The normalized spacial score (nSPS) is 13.5. The topological polar surface area (TPSA) is 103 Å². The van der Waals surface area contributed by atoms with Crippen LogP contribution in [0.3, 0.4) is 0 Å². The number of nitrogens with zero attached hydrogens (tertiary/aromatic N) is 4. The summed E-state index contributed by atoms with van der Waals surface area (Å²) in [4.78, 5) is 27.5. The van der Waals surface area contributed by atoms with Gasteiger partial charge < -0.3 is 20.6 Å². The maximum atomic E-state index is 12.9. The van der Waals surface area contributed by atoms with Crippen molar-refractivity contribution in [2.45, 2.75) is 51.0 Å². The van der Waals surface area contributed by atoms with E-state index in [2.05, 4.69) is 37.6 Å². The lowest BCUT2D eigenvalue weighted by atomic mass is 10.1. The van der Waals surface area contributed by atoms with Gasteiger partial charge in [-0.25, -0.2) is 19.7 Å².